The number of fused-ring (bicyclic) bond motifs is 1. The predicted molar refractivity (Wildman–Crippen MR) is 56.4 cm³/mol. The van der Waals surface area contributed by atoms with Crippen molar-refractivity contribution in [2.75, 3.05) is 0 Å². The fourth-order valence-electron chi connectivity index (χ4n) is 1.50. The Labute approximate surface area is 82.0 Å². The van der Waals surface area contributed by atoms with E-state index in [1.807, 2.05) is 18.2 Å². The zero-order valence-corrected chi connectivity index (χ0v) is 8.32. The summed E-state index contributed by atoms with van der Waals surface area (Å²) in [5.41, 5.74) is 1.15. The van der Waals surface area contributed by atoms with Gasteiger partial charge >= 0.3 is 0 Å². The predicted octanol–water partition coefficient (Wildman–Crippen LogP) is 1.50. The maximum Gasteiger partial charge on any atom is 0.274 e. The summed E-state index contributed by atoms with van der Waals surface area (Å²) in [5.74, 6) is 0. The summed E-state index contributed by atoms with van der Waals surface area (Å²) in [6.07, 6.45) is 2.66. The van der Waals surface area contributed by atoms with Crippen molar-refractivity contribution in [2.45, 2.75) is 13.3 Å². The molecule has 0 aliphatic carbocycles. The Bertz CT molecular complexity index is 528. The monoisotopic (exact) mass is 188 g/mol. The molecule has 0 unspecified atom stereocenters. The molecule has 3 nitrogen and oxygen atoms in total. The third-order valence-corrected chi connectivity index (χ3v) is 2.42. The summed E-state index contributed by atoms with van der Waals surface area (Å²) in [7, 11) is 1.67. The molecule has 14 heavy (non-hydrogen) atoms. The van der Waals surface area contributed by atoms with Crippen LogP contribution in [0.5, 0.6) is 0 Å². The van der Waals surface area contributed by atoms with Gasteiger partial charge in [-0.05, 0) is 18.1 Å². The largest absolute Gasteiger partial charge is 0.274 e. The van der Waals surface area contributed by atoms with Gasteiger partial charge in [0.1, 0.15) is 0 Å². The second-order valence-electron chi connectivity index (χ2n) is 3.35. The molecule has 1 aromatic heterocycles. The van der Waals surface area contributed by atoms with Gasteiger partial charge in [0.2, 0.25) is 0 Å². The lowest BCUT2D eigenvalue weighted by atomic mass is 10.1. The first-order valence-corrected chi connectivity index (χ1v) is 4.67. The number of hydrogen-bond donors (Lipinski definition) is 0. The Kier molecular flexibility index (Phi) is 2.08. The zero-order valence-electron chi connectivity index (χ0n) is 8.32. The molecule has 0 spiro atoms. The van der Waals surface area contributed by atoms with Gasteiger partial charge in [0, 0.05) is 12.4 Å². The molecule has 0 N–H and O–H groups in total. The minimum atomic E-state index is -0.0298. The van der Waals surface area contributed by atoms with Gasteiger partial charge < -0.3 is 0 Å². The first-order chi connectivity index (χ1) is 6.72. The molecular formula is C11H12N2O. The molecule has 0 radical (unpaired) electrons. The van der Waals surface area contributed by atoms with Crippen molar-refractivity contribution in [2.24, 2.45) is 7.05 Å². The van der Waals surface area contributed by atoms with Crippen LogP contribution in [0, 0.1) is 0 Å². The van der Waals surface area contributed by atoms with Crippen LogP contribution in [0.3, 0.4) is 0 Å². The lowest BCUT2D eigenvalue weighted by molar-refractivity contribution is 0.718. The van der Waals surface area contributed by atoms with E-state index >= 15 is 0 Å². The molecule has 3 heteroatoms. The Morgan fingerprint density at radius 2 is 2.21 bits per heavy atom. The topological polar surface area (TPSA) is 34.9 Å². The molecular weight excluding hydrogens is 176 g/mol. The Morgan fingerprint density at radius 3 is 2.93 bits per heavy atom. The molecule has 0 aliphatic heterocycles. The molecule has 0 fully saturated rings. The van der Waals surface area contributed by atoms with Crippen LogP contribution < -0.4 is 5.56 Å². The summed E-state index contributed by atoms with van der Waals surface area (Å²) in [6, 6.07) is 5.92. The second kappa shape index (κ2) is 3.25. The minimum absolute atomic E-state index is 0.0298. The third-order valence-electron chi connectivity index (χ3n) is 2.42. The average molecular weight is 188 g/mol. The van der Waals surface area contributed by atoms with E-state index < -0.39 is 0 Å². The summed E-state index contributed by atoms with van der Waals surface area (Å²) >= 11 is 0. The van der Waals surface area contributed by atoms with Crippen molar-refractivity contribution in [3.8, 4) is 0 Å². The van der Waals surface area contributed by atoms with Gasteiger partial charge in [0.15, 0.2) is 0 Å². The van der Waals surface area contributed by atoms with E-state index in [1.165, 1.54) is 10.2 Å². The molecule has 1 aromatic carbocycles. The van der Waals surface area contributed by atoms with Crippen LogP contribution in [0.25, 0.3) is 10.8 Å². The van der Waals surface area contributed by atoms with Crippen LogP contribution in [-0.4, -0.2) is 9.78 Å². The highest BCUT2D eigenvalue weighted by Crippen LogP contribution is 2.11. The number of aromatic nitrogens is 2. The molecule has 2 aromatic rings. The summed E-state index contributed by atoms with van der Waals surface area (Å²) < 4.78 is 1.36. The molecule has 0 saturated heterocycles. The van der Waals surface area contributed by atoms with Crippen molar-refractivity contribution in [3.05, 3.63) is 40.3 Å². The van der Waals surface area contributed by atoms with Gasteiger partial charge in [0.05, 0.1) is 11.6 Å². The molecule has 2 rings (SSSR count). The van der Waals surface area contributed by atoms with E-state index in [0.29, 0.717) is 0 Å². The Hall–Kier alpha value is -1.64. The fourth-order valence-corrected chi connectivity index (χ4v) is 1.50. The van der Waals surface area contributed by atoms with Gasteiger partial charge in [0.25, 0.3) is 5.56 Å². The van der Waals surface area contributed by atoms with Crippen LogP contribution in [0.1, 0.15) is 12.5 Å². The molecule has 0 atom stereocenters. The quantitative estimate of drug-likeness (QED) is 0.679. The van der Waals surface area contributed by atoms with Crippen LogP contribution in [0.2, 0.25) is 0 Å². The smallest absolute Gasteiger partial charge is 0.267 e. The molecule has 1 heterocycles. The highest BCUT2D eigenvalue weighted by molar-refractivity contribution is 5.81. The number of benzene rings is 1. The number of nitrogens with zero attached hydrogens (tertiary/aromatic N) is 2. The van der Waals surface area contributed by atoms with E-state index in [2.05, 4.69) is 12.0 Å². The third kappa shape index (κ3) is 1.31. The molecule has 0 amide bonds. The molecule has 0 saturated carbocycles. The van der Waals surface area contributed by atoms with E-state index in [-0.39, 0.29) is 5.56 Å². The number of aryl methyl sites for hydroxylation is 2. The van der Waals surface area contributed by atoms with Crippen LogP contribution in [-0.2, 0) is 13.5 Å². The first-order valence-electron chi connectivity index (χ1n) is 4.67. The van der Waals surface area contributed by atoms with Crippen molar-refractivity contribution >= 4 is 10.8 Å². The van der Waals surface area contributed by atoms with Crippen molar-refractivity contribution in [3.63, 3.8) is 0 Å². The first kappa shape index (κ1) is 8.94. The maximum atomic E-state index is 11.7. The van der Waals surface area contributed by atoms with E-state index in [4.69, 9.17) is 0 Å². The lowest BCUT2D eigenvalue weighted by Gasteiger charge is -2.01. The molecule has 0 aliphatic rings. The lowest BCUT2D eigenvalue weighted by Crippen LogP contribution is -2.18. The highest BCUT2D eigenvalue weighted by Gasteiger charge is 2.01. The van der Waals surface area contributed by atoms with Gasteiger partial charge in [-0.15, -0.1) is 0 Å². The van der Waals surface area contributed by atoms with E-state index in [0.717, 1.165) is 17.2 Å². The van der Waals surface area contributed by atoms with E-state index in [1.54, 1.807) is 13.2 Å². The standard InChI is InChI=1S/C11H12N2O/c1-3-8-4-5-9-7-12-13(2)11(14)10(9)6-8/h4-7H,3H2,1-2H3. The van der Waals surface area contributed by atoms with Crippen LogP contribution in [0.4, 0.5) is 0 Å². The van der Waals surface area contributed by atoms with Gasteiger partial charge in [-0.1, -0.05) is 19.1 Å². The maximum absolute atomic E-state index is 11.7. The summed E-state index contributed by atoms with van der Waals surface area (Å²) in [5, 5.41) is 5.63. The van der Waals surface area contributed by atoms with Gasteiger partial charge in [-0.2, -0.15) is 5.10 Å². The van der Waals surface area contributed by atoms with Crippen LogP contribution >= 0.6 is 0 Å². The fraction of sp³-hybridized carbons (Fsp3) is 0.273. The molecule has 0 bridgehead atoms. The highest BCUT2D eigenvalue weighted by atomic mass is 16.1. The summed E-state index contributed by atoms with van der Waals surface area (Å²) in [4.78, 5) is 11.7. The van der Waals surface area contributed by atoms with Gasteiger partial charge in [-0.3, -0.25) is 4.79 Å². The normalized spacial score (nSPS) is 10.7. The Balaban J connectivity index is 2.85. The minimum Gasteiger partial charge on any atom is -0.267 e. The van der Waals surface area contributed by atoms with Crippen LogP contribution in [0.15, 0.2) is 29.2 Å². The average Bonchev–Trinajstić information content (AvgIpc) is 2.23. The SMILES string of the molecule is CCc1ccc2cnn(C)c(=O)c2c1. The van der Waals surface area contributed by atoms with Crippen molar-refractivity contribution < 1.29 is 0 Å². The zero-order chi connectivity index (χ0) is 10.1. The summed E-state index contributed by atoms with van der Waals surface area (Å²) in [6.45, 7) is 2.08. The van der Waals surface area contributed by atoms with Gasteiger partial charge in [-0.25, -0.2) is 4.68 Å². The number of rotatable bonds is 1. The Morgan fingerprint density at radius 1 is 1.43 bits per heavy atom. The number of hydrogen-bond acceptors (Lipinski definition) is 2. The van der Waals surface area contributed by atoms with Crippen molar-refractivity contribution in [1.82, 2.24) is 9.78 Å². The van der Waals surface area contributed by atoms with Crippen molar-refractivity contribution in [1.29, 1.82) is 0 Å². The molecule has 72 valence electrons. The van der Waals surface area contributed by atoms with E-state index in [9.17, 15) is 4.79 Å². The second-order valence-corrected chi connectivity index (χ2v) is 3.35.